The van der Waals surface area contributed by atoms with Crippen LogP contribution in [-0.4, -0.2) is 27.4 Å². The van der Waals surface area contributed by atoms with E-state index >= 15 is 0 Å². The maximum Gasteiger partial charge on any atom is 0.220 e. The van der Waals surface area contributed by atoms with Gasteiger partial charge in [-0.25, -0.2) is 0 Å². The number of rotatable bonds is 5. The van der Waals surface area contributed by atoms with Crippen molar-refractivity contribution in [2.24, 2.45) is 0 Å². The predicted octanol–water partition coefficient (Wildman–Crippen LogP) is 4.90. The van der Waals surface area contributed by atoms with Crippen molar-refractivity contribution in [3.05, 3.63) is 34.9 Å². The largest absolute Gasteiger partial charge is 0.417 e. The summed E-state index contributed by atoms with van der Waals surface area (Å²) >= 11 is 6.21. The minimum absolute atomic E-state index is 0.0822. The first-order valence-electron chi connectivity index (χ1n) is 8.73. The zero-order valence-electron chi connectivity index (χ0n) is 15.5. The van der Waals surface area contributed by atoms with Gasteiger partial charge in [-0.2, -0.15) is 0 Å². The Hall–Kier alpha value is -0.843. The smallest absolute Gasteiger partial charge is 0.220 e. The fourth-order valence-electron chi connectivity index (χ4n) is 2.94. The van der Waals surface area contributed by atoms with Crippen molar-refractivity contribution in [2.45, 2.75) is 63.6 Å². The number of carbonyl (C=O) groups excluding carboxylic acids is 1. The molecule has 1 unspecified atom stereocenters. The summed E-state index contributed by atoms with van der Waals surface area (Å²) in [6.07, 6.45) is 2.31. The summed E-state index contributed by atoms with van der Waals surface area (Å²) in [7, 11) is -1.76. The number of halogens is 1. The molecule has 0 saturated carbocycles. The molecule has 24 heavy (non-hydrogen) atoms. The minimum atomic E-state index is -1.76. The Bertz CT molecular complexity index is 585. The van der Waals surface area contributed by atoms with Gasteiger partial charge in [-0.1, -0.05) is 44.5 Å². The van der Waals surface area contributed by atoms with Crippen LogP contribution in [0.3, 0.4) is 0 Å². The number of amides is 1. The van der Waals surface area contributed by atoms with E-state index in [4.69, 9.17) is 16.0 Å². The van der Waals surface area contributed by atoms with Gasteiger partial charge in [0, 0.05) is 30.0 Å². The topological polar surface area (TPSA) is 38.3 Å². The Balaban J connectivity index is 2.15. The number of piperidine rings is 1. The number of nitrogens with one attached hydrogen (secondary N) is 1. The molecule has 1 aromatic rings. The predicted molar refractivity (Wildman–Crippen MR) is 103 cm³/mol. The normalized spacial score (nSPS) is 22.3. The van der Waals surface area contributed by atoms with E-state index in [1.165, 1.54) is 5.56 Å². The maximum atomic E-state index is 11.7. The lowest BCUT2D eigenvalue weighted by atomic mass is 9.72. The van der Waals surface area contributed by atoms with Gasteiger partial charge in [-0.15, -0.1) is 0 Å². The Morgan fingerprint density at radius 2 is 2.04 bits per heavy atom. The number of benzene rings is 1. The molecule has 1 fully saturated rings. The summed E-state index contributed by atoms with van der Waals surface area (Å²) in [5, 5.41) is 3.99. The molecule has 1 atom stereocenters. The Kier molecular flexibility index (Phi) is 5.83. The Labute approximate surface area is 152 Å². The van der Waals surface area contributed by atoms with E-state index in [1.807, 2.05) is 18.2 Å². The SMILES string of the molecule is CC(C)(C)[Si](C)(C)OCCC1(c2cccc(Cl)c2)CCC(=O)NC1. The molecule has 0 aromatic heterocycles. The van der Waals surface area contributed by atoms with Gasteiger partial charge in [0.2, 0.25) is 5.91 Å². The summed E-state index contributed by atoms with van der Waals surface area (Å²) < 4.78 is 6.39. The number of hydrogen-bond donors (Lipinski definition) is 1. The van der Waals surface area contributed by atoms with Crippen molar-refractivity contribution in [3.63, 3.8) is 0 Å². The quantitative estimate of drug-likeness (QED) is 0.751. The molecule has 0 spiro atoms. The molecular weight excluding hydrogens is 338 g/mol. The van der Waals surface area contributed by atoms with Crippen molar-refractivity contribution in [1.29, 1.82) is 0 Å². The third-order valence-corrected chi connectivity index (χ3v) is 10.5. The second-order valence-electron chi connectivity index (χ2n) is 8.43. The third kappa shape index (κ3) is 4.41. The minimum Gasteiger partial charge on any atom is -0.417 e. The highest BCUT2D eigenvalue weighted by atomic mass is 35.5. The Morgan fingerprint density at radius 1 is 1.33 bits per heavy atom. The number of hydrogen-bond acceptors (Lipinski definition) is 2. The van der Waals surface area contributed by atoms with Crippen LogP contribution in [0.4, 0.5) is 0 Å². The molecule has 0 aliphatic carbocycles. The fourth-order valence-corrected chi connectivity index (χ4v) is 4.17. The van der Waals surface area contributed by atoms with Crippen molar-refractivity contribution in [3.8, 4) is 0 Å². The lowest BCUT2D eigenvalue weighted by Gasteiger charge is -2.41. The van der Waals surface area contributed by atoms with Crippen LogP contribution in [0.25, 0.3) is 0 Å². The summed E-state index contributed by atoms with van der Waals surface area (Å²) in [5.41, 5.74) is 1.12. The molecule has 1 amide bonds. The molecule has 134 valence electrons. The van der Waals surface area contributed by atoms with Crippen LogP contribution in [-0.2, 0) is 14.6 Å². The fraction of sp³-hybridized carbons (Fsp3) is 0.632. The molecule has 2 rings (SSSR count). The van der Waals surface area contributed by atoms with Crippen molar-refractivity contribution >= 4 is 25.8 Å². The summed E-state index contributed by atoms with van der Waals surface area (Å²) in [5.74, 6) is 0.137. The maximum absolute atomic E-state index is 11.7. The van der Waals surface area contributed by atoms with Crippen molar-refractivity contribution in [1.82, 2.24) is 5.32 Å². The highest BCUT2D eigenvalue weighted by Gasteiger charge is 2.40. The van der Waals surface area contributed by atoms with Gasteiger partial charge in [0.25, 0.3) is 0 Å². The van der Waals surface area contributed by atoms with E-state index in [0.29, 0.717) is 13.0 Å². The highest BCUT2D eigenvalue weighted by molar-refractivity contribution is 6.74. The van der Waals surface area contributed by atoms with E-state index in [0.717, 1.165) is 24.5 Å². The molecule has 3 nitrogen and oxygen atoms in total. The standard InChI is InChI=1S/C19H30ClNO2Si/c1-18(2,3)24(4,5)23-12-11-19(10-9-17(22)21-14-19)15-7-6-8-16(20)13-15/h6-8,13H,9-12,14H2,1-5H3,(H,21,22). The van der Waals surface area contributed by atoms with Gasteiger partial charge in [0.1, 0.15) is 0 Å². The number of carbonyl (C=O) groups is 1. The van der Waals surface area contributed by atoms with Gasteiger partial charge < -0.3 is 9.74 Å². The zero-order valence-corrected chi connectivity index (χ0v) is 17.3. The van der Waals surface area contributed by atoms with E-state index in [2.05, 4.69) is 45.2 Å². The first-order chi connectivity index (χ1) is 11.1. The average Bonchev–Trinajstić information content (AvgIpc) is 2.48. The lowest BCUT2D eigenvalue weighted by molar-refractivity contribution is -0.123. The van der Waals surface area contributed by atoms with Crippen LogP contribution in [0.2, 0.25) is 23.2 Å². The summed E-state index contributed by atoms with van der Waals surface area (Å²) in [6, 6.07) is 8.04. The molecule has 0 radical (unpaired) electrons. The van der Waals surface area contributed by atoms with Gasteiger partial charge in [0.15, 0.2) is 8.32 Å². The van der Waals surface area contributed by atoms with Crippen LogP contribution in [0, 0.1) is 0 Å². The molecule has 1 saturated heterocycles. The highest BCUT2D eigenvalue weighted by Crippen LogP contribution is 2.39. The first-order valence-corrected chi connectivity index (χ1v) is 12.0. The second kappa shape index (κ2) is 7.18. The first kappa shape index (κ1) is 19.5. The molecule has 1 aromatic carbocycles. The van der Waals surface area contributed by atoms with Crippen molar-refractivity contribution < 1.29 is 9.22 Å². The van der Waals surface area contributed by atoms with E-state index < -0.39 is 8.32 Å². The van der Waals surface area contributed by atoms with E-state index in [-0.39, 0.29) is 16.4 Å². The van der Waals surface area contributed by atoms with Crippen LogP contribution in [0.1, 0.15) is 45.6 Å². The van der Waals surface area contributed by atoms with E-state index in [1.54, 1.807) is 0 Å². The molecule has 0 bridgehead atoms. The van der Waals surface area contributed by atoms with Gasteiger partial charge in [-0.3, -0.25) is 4.79 Å². The molecule has 1 heterocycles. The van der Waals surface area contributed by atoms with Gasteiger partial charge in [-0.05, 0) is 48.7 Å². The third-order valence-electron chi connectivity index (χ3n) is 5.74. The van der Waals surface area contributed by atoms with Crippen LogP contribution < -0.4 is 5.32 Å². The summed E-state index contributed by atoms with van der Waals surface area (Å²) in [6.45, 7) is 12.7. The molecule has 5 heteroatoms. The van der Waals surface area contributed by atoms with Gasteiger partial charge >= 0.3 is 0 Å². The zero-order chi connectivity index (χ0) is 18.0. The average molecular weight is 368 g/mol. The molecular formula is C19H30ClNO2Si. The Morgan fingerprint density at radius 3 is 2.58 bits per heavy atom. The lowest BCUT2D eigenvalue weighted by Crippen LogP contribution is -2.48. The monoisotopic (exact) mass is 367 g/mol. The van der Waals surface area contributed by atoms with Crippen molar-refractivity contribution in [2.75, 3.05) is 13.2 Å². The second-order valence-corrected chi connectivity index (χ2v) is 13.7. The molecule has 1 aliphatic rings. The van der Waals surface area contributed by atoms with Gasteiger partial charge in [0.05, 0.1) is 0 Å². The molecule has 1 aliphatic heterocycles. The molecule has 1 N–H and O–H groups in total. The van der Waals surface area contributed by atoms with Crippen LogP contribution in [0.15, 0.2) is 24.3 Å². The van der Waals surface area contributed by atoms with E-state index in [9.17, 15) is 4.79 Å². The van der Waals surface area contributed by atoms with Crippen LogP contribution >= 0.6 is 11.6 Å². The summed E-state index contributed by atoms with van der Waals surface area (Å²) in [4.78, 5) is 11.7. The van der Waals surface area contributed by atoms with Crippen LogP contribution in [0.5, 0.6) is 0 Å².